The molecule has 0 radical (unpaired) electrons. The first-order chi connectivity index (χ1) is 13.7. The van der Waals surface area contributed by atoms with Crippen LogP contribution in [0.3, 0.4) is 0 Å². The average Bonchev–Trinajstić information content (AvgIpc) is 2.68. The number of hydrogen-bond acceptors (Lipinski definition) is 3. The van der Waals surface area contributed by atoms with Gasteiger partial charge in [0.05, 0.1) is 0 Å². The van der Waals surface area contributed by atoms with E-state index in [9.17, 15) is 19.0 Å². The van der Waals surface area contributed by atoms with Gasteiger partial charge in [0.25, 0.3) is 12.9 Å². The molecule has 0 heterocycles. The molecule has 0 spiro atoms. The van der Waals surface area contributed by atoms with E-state index in [1.807, 2.05) is 13.0 Å². The molecule has 3 rings (SSSR count). The van der Waals surface area contributed by atoms with Crippen molar-refractivity contribution in [2.45, 2.75) is 27.7 Å². The molecule has 29 heavy (non-hydrogen) atoms. The molecule has 0 aromatic heterocycles. The fourth-order valence-corrected chi connectivity index (χ4v) is 5.47. The van der Waals surface area contributed by atoms with Crippen LogP contribution in [0.1, 0.15) is 48.5 Å². The summed E-state index contributed by atoms with van der Waals surface area (Å²) in [5, 5.41) is 0.125. The third-order valence-electron chi connectivity index (χ3n) is 5.17. The lowest BCUT2D eigenvalue weighted by Crippen LogP contribution is -2.19. The molecule has 0 aliphatic rings. The molecular formula is C24H23O4P. The van der Waals surface area contributed by atoms with Crippen molar-refractivity contribution in [2.24, 2.45) is 0 Å². The Morgan fingerprint density at radius 1 is 0.759 bits per heavy atom. The van der Waals surface area contributed by atoms with Crippen LogP contribution in [-0.4, -0.2) is 16.2 Å². The maximum atomic E-state index is 13.3. The first-order valence-corrected chi connectivity index (χ1v) is 11.0. The van der Waals surface area contributed by atoms with Crippen molar-refractivity contribution in [3.63, 3.8) is 0 Å². The number of carbonyl (C=O) groups excluding carboxylic acids is 2. The van der Waals surface area contributed by atoms with E-state index in [1.165, 1.54) is 6.07 Å². The normalized spacial score (nSPS) is 13.0. The van der Waals surface area contributed by atoms with Crippen LogP contribution in [0.5, 0.6) is 0 Å². The van der Waals surface area contributed by atoms with E-state index in [-0.39, 0.29) is 16.7 Å². The highest BCUT2D eigenvalue weighted by atomic mass is 31.2. The summed E-state index contributed by atoms with van der Waals surface area (Å²) in [6, 6.07) is 17.1. The fourth-order valence-electron chi connectivity index (χ4n) is 3.76. The van der Waals surface area contributed by atoms with Gasteiger partial charge in [-0.15, -0.1) is 0 Å². The van der Waals surface area contributed by atoms with E-state index in [0.29, 0.717) is 27.8 Å². The average molecular weight is 406 g/mol. The monoisotopic (exact) mass is 406 g/mol. The highest BCUT2D eigenvalue weighted by Gasteiger charge is 2.36. The molecule has 5 heteroatoms. The zero-order valence-corrected chi connectivity index (χ0v) is 17.8. The highest BCUT2D eigenvalue weighted by molar-refractivity contribution is 7.82. The molecule has 1 N–H and O–H groups in total. The van der Waals surface area contributed by atoms with E-state index in [2.05, 4.69) is 0 Å². The molecule has 1 unspecified atom stereocenters. The van der Waals surface area contributed by atoms with E-state index < -0.39 is 12.9 Å². The van der Waals surface area contributed by atoms with Gasteiger partial charge in [-0.25, -0.2) is 0 Å². The van der Waals surface area contributed by atoms with Gasteiger partial charge in [0.2, 0.25) is 0 Å². The van der Waals surface area contributed by atoms with Crippen LogP contribution < -0.4 is 5.30 Å². The molecule has 0 saturated heterocycles. The molecule has 3 aromatic rings. The van der Waals surface area contributed by atoms with Gasteiger partial charge in [-0.05, 0) is 56.0 Å². The lowest BCUT2D eigenvalue weighted by molar-refractivity contribution is 0.103. The van der Waals surface area contributed by atoms with Crippen LogP contribution in [-0.2, 0) is 4.57 Å². The minimum absolute atomic E-state index is 0.125. The summed E-state index contributed by atoms with van der Waals surface area (Å²) in [5.74, 6) is -0.210. The molecule has 0 fully saturated rings. The van der Waals surface area contributed by atoms with Crippen LogP contribution in [0, 0.1) is 27.7 Å². The smallest absolute Gasteiger partial charge is 0.298 e. The lowest BCUT2D eigenvalue weighted by Gasteiger charge is -2.19. The Balaban J connectivity index is 2.18. The van der Waals surface area contributed by atoms with Gasteiger partial charge >= 0.3 is 0 Å². The Morgan fingerprint density at radius 3 is 1.93 bits per heavy atom. The first-order valence-electron chi connectivity index (χ1n) is 9.30. The van der Waals surface area contributed by atoms with Crippen LogP contribution in [0.2, 0.25) is 0 Å². The zero-order chi connectivity index (χ0) is 21.3. The second kappa shape index (κ2) is 7.90. The maximum absolute atomic E-state index is 13.3. The number of hydrogen-bond donors (Lipinski definition) is 1. The summed E-state index contributed by atoms with van der Waals surface area (Å²) in [4.78, 5) is 37.1. The summed E-state index contributed by atoms with van der Waals surface area (Å²) in [5.41, 5.74) is 2.53. The predicted molar refractivity (Wildman–Crippen MR) is 115 cm³/mol. The predicted octanol–water partition coefficient (Wildman–Crippen LogP) is 4.89. The van der Waals surface area contributed by atoms with Crippen molar-refractivity contribution in [3.8, 4) is 0 Å². The van der Waals surface area contributed by atoms with Crippen molar-refractivity contribution < 1.29 is 19.0 Å². The third-order valence-corrected chi connectivity index (χ3v) is 7.09. The van der Waals surface area contributed by atoms with Crippen molar-refractivity contribution in [3.05, 3.63) is 99.6 Å². The van der Waals surface area contributed by atoms with Crippen molar-refractivity contribution >= 4 is 24.0 Å². The van der Waals surface area contributed by atoms with E-state index >= 15 is 0 Å². The molecule has 1 atom stereocenters. The lowest BCUT2D eigenvalue weighted by atomic mass is 9.89. The summed E-state index contributed by atoms with van der Waals surface area (Å²) >= 11 is 0. The van der Waals surface area contributed by atoms with Gasteiger partial charge in [0.15, 0.2) is 5.78 Å². The Kier molecular flexibility index (Phi) is 5.70. The van der Waals surface area contributed by atoms with E-state index in [4.69, 9.17) is 0 Å². The van der Waals surface area contributed by atoms with Crippen molar-refractivity contribution in [1.29, 1.82) is 0 Å². The molecule has 148 valence electrons. The summed E-state index contributed by atoms with van der Waals surface area (Å²) < 4.78 is 13.2. The zero-order valence-electron chi connectivity index (χ0n) is 16.9. The number of ketones is 1. The summed E-state index contributed by atoms with van der Waals surface area (Å²) in [6.45, 7) is 6.90. The molecule has 0 amide bonds. The van der Waals surface area contributed by atoms with Gasteiger partial charge in [0, 0.05) is 22.0 Å². The second-order valence-corrected chi connectivity index (χ2v) is 9.29. The third kappa shape index (κ3) is 3.74. The quantitative estimate of drug-likeness (QED) is 0.484. The van der Waals surface area contributed by atoms with Gasteiger partial charge in [-0.2, -0.15) is 0 Å². The van der Waals surface area contributed by atoms with Crippen LogP contribution >= 0.6 is 7.37 Å². The van der Waals surface area contributed by atoms with E-state index in [1.54, 1.807) is 69.3 Å². The van der Waals surface area contributed by atoms with Crippen LogP contribution in [0.4, 0.5) is 0 Å². The van der Waals surface area contributed by atoms with Gasteiger partial charge in [-0.1, -0.05) is 54.6 Å². The SMILES string of the molecule is Cc1ccccc1P(=O)(O)C(=O)c1c(C)cc(C)c(C(=O)c2ccccc2)c1C. The Morgan fingerprint density at radius 2 is 1.31 bits per heavy atom. The Bertz CT molecular complexity index is 1160. The molecule has 0 bridgehead atoms. The number of benzene rings is 3. The largest absolute Gasteiger partial charge is 0.336 e. The van der Waals surface area contributed by atoms with Crippen molar-refractivity contribution in [2.75, 3.05) is 0 Å². The van der Waals surface area contributed by atoms with Gasteiger partial charge < -0.3 is 4.89 Å². The molecule has 0 saturated carbocycles. The Hall–Kier alpha value is -2.81. The number of aryl methyl sites for hydroxylation is 3. The maximum Gasteiger partial charge on any atom is 0.298 e. The van der Waals surface area contributed by atoms with Crippen LogP contribution in [0.25, 0.3) is 0 Å². The van der Waals surface area contributed by atoms with E-state index in [0.717, 1.165) is 5.56 Å². The van der Waals surface area contributed by atoms with Crippen molar-refractivity contribution in [1.82, 2.24) is 0 Å². The number of rotatable bonds is 5. The minimum atomic E-state index is -4.34. The summed E-state index contributed by atoms with van der Waals surface area (Å²) in [6.07, 6.45) is 0. The molecule has 3 aromatic carbocycles. The first kappa shape index (κ1) is 20.9. The molecule has 0 aliphatic carbocycles. The summed E-state index contributed by atoms with van der Waals surface area (Å²) in [7, 11) is -4.34. The van der Waals surface area contributed by atoms with Gasteiger partial charge in [0.1, 0.15) is 0 Å². The topological polar surface area (TPSA) is 71.4 Å². The minimum Gasteiger partial charge on any atom is -0.336 e. The van der Waals surface area contributed by atoms with Crippen LogP contribution in [0.15, 0.2) is 60.7 Å². The number of carbonyl (C=O) groups is 2. The van der Waals surface area contributed by atoms with Gasteiger partial charge in [-0.3, -0.25) is 14.2 Å². The highest BCUT2D eigenvalue weighted by Crippen LogP contribution is 2.46. The fraction of sp³-hybridized carbons (Fsp3) is 0.167. The molecule has 4 nitrogen and oxygen atoms in total. The Labute approximate surface area is 170 Å². The molecule has 0 aliphatic heterocycles. The molecular weight excluding hydrogens is 383 g/mol. The second-order valence-electron chi connectivity index (χ2n) is 7.25. The standard InChI is InChI=1S/C24H23O4P/c1-15-10-8-9-13-20(15)29(27,28)24(26)22-17(3)14-16(2)21(18(22)4)23(25)19-11-6-5-7-12-19/h5-14H,1-4H3,(H,27,28).